The van der Waals surface area contributed by atoms with Gasteiger partial charge in [-0.2, -0.15) is 4.31 Å². The van der Waals surface area contributed by atoms with Crippen LogP contribution in [0.15, 0.2) is 39.0 Å². The van der Waals surface area contributed by atoms with Crippen molar-refractivity contribution < 1.29 is 22.6 Å². The van der Waals surface area contributed by atoms with Gasteiger partial charge in [0, 0.05) is 35.1 Å². The molecule has 1 saturated heterocycles. The molecule has 1 unspecified atom stereocenters. The van der Waals surface area contributed by atoms with E-state index < -0.39 is 10.0 Å². The number of hydrogen-bond acceptors (Lipinski definition) is 6. The van der Waals surface area contributed by atoms with Crippen molar-refractivity contribution in [3.63, 3.8) is 0 Å². The Bertz CT molecular complexity index is 864. The van der Waals surface area contributed by atoms with E-state index in [1.165, 1.54) is 35.9 Å². The molecule has 0 aliphatic carbocycles. The highest BCUT2D eigenvalue weighted by Gasteiger charge is 2.32. The third kappa shape index (κ3) is 4.65. The lowest BCUT2D eigenvalue weighted by Crippen LogP contribution is -2.37. The first kappa shape index (κ1) is 20.6. The summed E-state index contributed by atoms with van der Waals surface area (Å²) < 4.78 is 45.1. The smallest absolute Gasteiger partial charge is 0.244 e. The first-order valence-electron chi connectivity index (χ1n) is 8.51. The van der Waals surface area contributed by atoms with E-state index >= 15 is 0 Å². The van der Waals surface area contributed by atoms with E-state index in [4.69, 9.17) is 14.2 Å². The Kier molecular flexibility index (Phi) is 6.80. The van der Waals surface area contributed by atoms with Crippen molar-refractivity contribution >= 4 is 37.3 Å². The second-order valence-corrected chi connectivity index (χ2v) is 9.94. The molecule has 0 saturated carbocycles. The van der Waals surface area contributed by atoms with E-state index in [1.807, 2.05) is 17.5 Å². The van der Waals surface area contributed by atoms with Crippen LogP contribution in [0.4, 0.5) is 0 Å². The van der Waals surface area contributed by atoms with Crippen LogP contribution in [0, 0.1) is 0 Å². The number of rotatable bonds is 8. The van der Waals surface area contributed by atoms with Crippen molar-refractivity contribution in [2.75, 3.05) is 27.4 Å². The minimum atomic E-state index is -3.78. The van der Waals surface area contributed by atoms with Crippen LogP contribution in [-0.2, 0) is 21.3 Å². The molecule has 0 N–H and O–H groups in total. The summed E-state index contributed by atoms with van der Waals surface area (Å²) in [6, 6.07) is 6.96. The molecule has 2 heterocycles. The van der Waals surface area contributed by atoms with Gasteiger partial charge in [0.15, 0.2) is 11.5 Å². The Hall–Kier alpha value is -1.13. The van der Waals surface area contributed by atoms with Gasteiger partial charge in [0.25, 0.3) is 0 Å². The fraction of sp³-hybridized carbons (Fsp3) is 0.444. The van der Waals surface area contributed by atoms with Gasteiger partial charge in [-0.3, -0.25) is 0 Å². The number of halogens is 1. The summed E-state index contributed by atoms with van der Waals surface area (Å²) in [7, 11) is -0.778. The average molecular weight is 476 g/mol. The maximum absolute atomic E-state index is 13.5. The Morgan fingerprint density at radius 3 is 2.63 bits per heavy atom. The summed E-state index contributed by atoms with van der Waals surface area (Å²) in [6.07, 6.45) is 1.74. The largest absolute Gasteiger partial charge is 0.493 e. The number of methoxy groups -OCH3 is 2. The van der Waals surface area contributed by atoms with E-state index in [0.29, 0.717) is 35.7 Å². The quantitative estimate of drug-likeness (QED) is 0.579. The van der Waals surface area contributed by atoms with Crippen molar-refractivity contribution in [3.8, 4) is 11.5 Å². The normalized spacial score (nSPS) is 17.4. The second kappa shape index (κ2) is 8.91. The lowest BCUT2D eigenvalue weighted by atomic mass is 10.2. The molecule has 1 aromatic heterocycles. The van der Waals surface area contributed by atoms with Gasteiger partial charge < -0.3 is 14.2 Å². The van der Waals surface area contributed by atoms with Crippen LogP contribution in [0.25, 0.3) is 0 Å². The number of nitrogens with zero attached hydrogens (tertiary/aromatic N) is 1. The first-order chi connectivity index (χ1) is 13.0. The third-order valence-corrected chi connectivity index (χ3v) is 8.03. The molecular weight excluding hydrogens is 454 g/mol. The third-order valence-electron chi connectivity index (χ3n) is 4.40. The summed E-state index contributed by atoms with van der Waals surface area (Å²) in [5.74, 6) is 0.833. The van der Waals surface area contributed by atoms with E-state index in [2.05, 4.69) is 15.9 Å². The SMILES string of the molecule is COc1cc(Br)c(S(=O)(=O)N(Cc2cccs2)CC2CCCO2)cc1OC. The molecular formula is C18H22BrNO5S2. The topological polar surface area (TPSA) is 65.1 Å². The standard InChI is InChI=1S/C18H22BrNO5S2/c1-23-16-9-15(19)18(10-17(16)24-2)27(21,22)20(11-13-5-3-7-25-13)12-14-6-4-8-26-14/h4,6,8-10,13H,3,5,7,11-12H2,1-2H3. The number of thiophene rings is 1. The molecule has 6 nitrogen and oxygen atoms in total. The summed E-state index contributed by atoms with van der Waals surface area (Å²) in [6.45, 7) is 1.30. The highest BCUT2D eigenvalue weighted by atomic mass is 79.9. The maximum Gasteiger partial charge on any atom is 0.244 e. The van der Waals surface area contributed by atoms with Crippen LogP contribution in [-0.4, -0.2) is 46.2 Å². The summed E-state index contributed by atoms with van der Waals surface area (Å²) >= 11 is 4.91. The molecule has 1 fully saturated rings. The van der Waals surface area contributed by atoms with Crippen LogP contribution < -0.4 is 9.47 Å². The van der Waals surface area contributed by atoms with Crippen LogP contribution >= 0.6 is 27.3 Å². The van der Waals surface area contributed by atoms with Gasteiger partial charge in [-0.1, -0.05) is 6.07 Å². The zero-order chi connectivity index (χ0) is 19.4. The van der Waals surface area contributed by atoms with Crippen molar-refractivity contribution in [1.82, 2.24) is 4.31 Å². The Labute approximate surface area is 172 Å². The highest BCUT2D eigenvalue weighted by molar-refractivity contribution is 9.10. The molecule has 0 amide bonds. The van der Waals surface area contributed by atoms with Crippen molar-refractivity contribution in [1.29, 1.82) is 0 Å². The summed E-state index contributed by atoms with van der Waals surface area (Å²) in [4.78, 5) is 1.13. The van der Waals surface area contributed by atoms with Crippen LogP contribution in [0.2, 0.25) is 0 Å². The number of sulfonamides is 1. The highest BCUT2D eigenvalue weighted by Crippen LogP contribution is 2.37. The zero-order valence-corrected chi connectivity index (χ0v) is 18.4. The van der Waals surface area contributed by atoms with Crippen LogP contribution in [0.3, 0.4) is 0 Å². The fourth-order valence-electron chi connectivity index (χ4n) is 3.01. The minimum Gasteiger partial charge on any atom is -0.493 e. The van der Waals surface area contributed by atoms with Gasteiger partial charge in [0.1, 0.15) is 4.90 Å². The molecule has 2 aromatic rings. The lowest BCUT2D eigenvalue weighted by molar-refractivity contribution is 0.0927. The van der Waals surface area contributed by atoms with Crippen LogP contribution in [0.5, 0.6) is 11.5 Å². The average Bonchev–Trinajstić information content (AvgIpc) is 3.34. The molecule has 0 bridgehead atoms. The summed E-state index contributed by atoms with van der Waals surface area (Å²) in [5.41, 5.74) is 0. The first-order valence-corrected chi connectivity index (χ1v) is 11.6. The molecule has 0 spiro atoms. The molecule has 1 aliphatic heterocycles. The molecule has 27 heavy (non-hydrogen) atoms. The molecule has 3 rings (SSSR count). The van der Waals surface area contributed by atoms with Crippen molar-refractivity contribution in [2.24, 2.45) is 0 Å². The monoisotopic (exact) mass is 475 g/mol. The maximum atomic E-state index is 13.5. The molecule has 9 heteroatoms. The van der Waals surface area contributed by atoms with E-state index in [0.717, 1.165) is 17.7 Å². The number of benzene rings is 1. The predicted molar refractivity (Wildman–Crippen MR) is 108 cm³/mol. The van der Waals surface area contributed by atoms with Gasteiger partial charge >= 0.3 is 0 Å². The Morgan fingerprint density at radius 1 is 1.30 bits per heavy atom. The Morgan fingerprint density at radius 2 is 2.04 bits per heavy atom. The number of hydrogen-bond donors (Lipinski definition) is 0. The number of ether oxygens (including phenoxy) is 3. The van der Waals surface area contributed by atoms with Crippen molar-refractivity contribution in [3.05, 3.63) is 39.0 Å². The van der Waals surface area contributed by atoms with Gasteiger partial charge in [0.2, 0.25) is 10.0 Å². The van der Waals surface area contributed by atoms with Gasteiger partial charge in [-0.05, 0) is 46.3 Å². The van der Waals surface area contributed by atoms with Crippen LogP contribution in [0.1, 0.15) is 17.7 Å². The van der Waals surface area contributed by atoms with Gasteiger partial charge in [-0.25, -0.2) is 8.42 Å². The van der Waals surface area contributed by atoms with E-state index in [1.54, 1.807) is 6.07 Å². The molecule has 1 atom stereocenters. The zero-order valence-electron chi connectivity index (χ0n) is 15.2. The van der Waals surface area contributed by atoms with Crippen molar-refractivity contribution in [2.45, 2.75) is 30.4 Å². The minimum absolute atomic E-state index is 0.0846. The van der Waals surface area contributed by atoms with Gasteiger partial charge in [-0.15, -0.1) is 11.3 Å². The van der Waals surface area contributed by atoms with Gasteiger partial charge in [0.05, 0.1) is 20.3 Å². The molecule has 148 valence electrons. The summed E-state index contributed by atoms with van der Waals surface area (Å²) in [5, 5.41) is 1.94. The fourth-order valence-corrected chi connectivity index (χ4v) is 6.26. The second-order valence-electron chi connectivity index (χ2n) is 6.15. The van der Waals surface area contributed by atoms with E-state index in [-0.39, 0.29) is 11.0 Å². The molecule has 1 aliphatic rings. The Balaban J connectivity index is 1.98. The predicted octanol–water partition coefficient (Wildman–Crippen LogP) is 3.90. The molecule has 1 aromatic carbocycles. The lowest BCUT2D eigenvalue weighted by Gasteiger charge is -2.25. The molecule has 0 radical (unpaired) electrons. The van der Waals surface area contributed by atoms with E-state index in [9.17, 15) is 8.42 Å².